The van der Waals surface area contributed by atoms with Crippen LogP contribution in [0.15, 0.2) is 85.1 Å². The Labute approximate surface area is 283 Å². The van der Waals surface area contributed by atoms with Gasteiger partial charge in [0.1, 0.15) is 17.4 Å². The molecule has 1 aliphatic heterocycles. The number of amides is 3. The maximum absolute atomic E-state index is 14.3. The number of nitrogens with one attached hydrogen (secondary N) is 4. The summed E-state index contributed by atoms with van der Waals surface area (Å²) in [5.74, 6) is -0.821. The summed E-state index contributed by atoms with van der Waals surface area (Å²) in [7, 11) is -1.99. The molecule has 0 aliphatic carbocycles. The molecule has 0 bridgehead atoms. The predicted molar refractivity (Wildman–Crippen MR) is 181 cm³/mol. The molecule has 0 radical (unpaired) electrons. The van der Waals surface area contributed by atoms with E-state index < -0.39 is 27.8 Å². The SMILES string of the molecule is CNC(=O)c1cc(NC(=O)NC2CCN(Cc3ccc(Oc4ccc(NS(C)(=O)=O)cc4)nc3)C(c3cccc(F)c3)C2)ccc1F.Cl. The lowest BCUT2D eigenvalue weighted by Gasteiger charge is -2.40. The number of ether oxygens (including phenoxy) is 1. The summed E-state index contributed by atoms with van der Waals surface area (Å²) in [5, 5.41) is 8.00. The molecule has 15 heteroatoms. The summed E-state index contributed by atoms with van der Waals surface area (Å²) in [6.45, 7) is 1.10. The maximum atomic E-state index is 14.3. The van der Waals surface area contributed by atoms with Gasteiger partial charge in [0.2, 0.25) is 15.9 Å². The van der Waals surface area contributed by atoms with Crippen LogP contribution in [0.5, 0.6) is 11.6 Å². The second-order valence-electron chi connectivity index (χ2n) is 11.1. The Morgan fingerprint density at radius 1 is 1.00 bits per heavy atom. The fourth-order valence-electron chi connectivity index (χ4n) is 5.38. The molecule has 11 nitrogen and oxygen atoms in total. The number of urea groups is 1. The van der Waals surface area contributed by atoms with E-state index in [0.29, 0.717) is 43.2 Å². The van der Waals surface area contributed by atoms with Crippen LogP contribution in [0.4, 0.5) is 25.0 Å². The molecule has 1 aliphatic rings. The highest BCUT2D eigenvalue weighted by Crippen LogP contribution is 2.33. The van der Waals surface area contributed by atoms with Crippen molar-refractivity contribution in [3.05, 3.63) is 113 Å². The number of rotatable bonds is 10. The second kappa shape index (κ2) is 15.9. The Hall–Kier alpha value is -4.79. The van der Waals surface area contributed by atoms with E-state index in [2.05, 4.69) is 30.6 Å². The van der Waals surface area contributed by atoms with E-state index in [0.717, 1.165) is 23.4 Å². The zero-order valence-electron chi connectivity index (χ0n) is 26.1. The van der Waals surface area contributed by atoms with Crippen molar-refractivity contribution in [2.75, 3.05) is 29.9 Å². The fraction of sp³-hybridized carbons (Fsp3) is 0.242. The third-order valence-electron chi connectivity index (χ3n) is 7.54. The molecule has 1 saturated heterocycles. The number of likely N-dealkylation sites (tertiary alicyclic amines) is 1. The molecule has 0 spiro atoms. The number of halogens is 3. The molecule has 0 saturated carbocycles. The van der Waals surface area contributed by atoms with Crippen LogP contribution in [0.1, 0.15) is 40.4 Å². The number of aromatic nitrogens is 1. The minimum Gasteiger partial charge on any atom is -0.439 e. The lowest BCUT2D eigenvalue weighted by molar-refractivity contribution is 0.0959. The van der Waals surface area contributed by atoms with E-state index in [1.165, 1.54) is 31.3 Å². The van der Waals surface area contributed by atoms with Gasteiger partial charge in [0.15, 0.2) is 0 Å². The van der Waals surface area contributed by atoms with Gasteiger partial charge in [-0.15, -0.1) is 12.4 Å². The molecular formula is C33H35ClF2N6O5S. The molecule has 254 valence electrons. The second-order valence-corrected chi connectivity index (χ2v) is 12.9. The van der Waals surface area contributed by atoms with Crippen LogP contribution in [0.3, 0.4) is 0 Å². The molecule has 5 rings (SSSR count). The number of sulfonamides is 1. The summed E-state index contributed by atoms with van der Waals surface area (Å²) >= 11 is 0. The molecule has 2 unspecified atom stereocenters. The third-order valence-corrected chi connectivity index (χ3v) is 8.15. The van der Waals surface area contributed by atoms with Crippen LogP contribution in [-0.2, 0) is 16.6 Å². The summed E-state index contributed by atoms with van der Waals surface area (Å²) < 4.78 is 59.4. The number of carbonyl (C=O) groups excluding carboxylic acids is 2. The monoisotopic (exact) mass is 700 g/mol. The third kappa shape index (κ3) is 9.86. The zero-order chi connectivity index (χ0) is 33.6. The molecule has 3 aromatic carbocycles. The highest BCUT2D eigenvalue weighted by molar-refractivity contribution is 7.92. The first kappa shape index (κ1) is 36.1. The molecule has 3 amide bonds. The van der Waals surface area contributed by atoms with Crippen molar-refractivity contribution in [2.24, 2.45) is 0 Å². The van der Waals surface area contributed by atoms with Crippen LogP contribution in [0.2, 0.25) is 0 Å². The molecular weight excluding hydrogens is 666 g/mol. The number of benzene rings is 3. The van der Waals surface area contributed by atoms with Gasteiger partial charge in [-0.2, -0.15) is 0 Å². The summed E-state index contributed by atoms with van der Waals surface area (Å²) in [6, 6.07) is 19.2. The molecule has 4 aromatic rings. The number of pyridine rings is 1. The van der Waals surface area contributed by atoms with Gasteiger partial charge in [0.05, 0.1) is 11.8 Å². The van der Waals surface area contributed by atoms with Crippen molar-refractivity contribution >= 4 is 45.7 Å². The number of hydrogen-bond acceptors (Lipinski definition) is 7. The predicted octanol–water partition coefficient (Wildman–Crippen LogP) is 5.83. The van der Waals surface area contributed by atoms with Gasteiger partial charge in [0.25, 0.3) is 5.91 Å². The van der Waals surface area contributed by atoms with E-state index in [-0.39, 0.29) is 41.6 Å². The Balaban J connectivity index is 0.00000520. The Morgan fingerprint density at radius 2 is 1.75 bits per heavy atom. The molecule has 1 fully saturated rings. The van der Waals surface area contributed by atoms with Gasteiger partial charge in [0, 0.05) is 55.9 Å². The van der Waals surface area contributed by atoms with Crippen molar-refractivity contribution in [3.8, 4) is 11.6 Å². The summed E-state index contributed by atoms with van der Waals surface area (Å²) in [4.78, 5) is 31.4. The first-order chi connectivity index (χ1) is 22.5. The highest BCUT2D eigenvalue weighted by atomic mass is 35.5. The zero-order valence-corrected chi connectivity index (χ0v) is 27.7. The van der Waals surface area contributed by atoms with Gasteiger partial charge in [-0.1, -0.05) is 18.2 Å². The highest BCUT2D eigenvalue weighted by Gasteiger charge is 2.31. The van der Waals surface area contributed by atoms with Gasteiger partial charge >= 0.3 is 6.03 Å². The van der Waals surface area contributed by atoms with Crippen LogP contribution in [-0.4, -0.2) is 56.1 Å². The summed E-state index contributed by atoms with van der Waals surface area (Å²) in [6.07, 6.45) is 3.89. The lowest BCUT2D eigenvalue weighted by Crippen LogP contribution is -2.47. The van der Waals surface area contributed by atoms with Crippen molar-refractivity contribution in [2.45, 2.75) is 31.5 Å². The summed E-state index contributed by atoms with van der Waals surface area (Å²) in [5.41, 5.74) is 2.17. The van der Waals surface area contributed by atoms with Gasteiger partial charge in [-0.05, 0) is 78.6 Å². The Morgan fingerprint density at radius 3 is 2.42 bits per heavy atom. The van der Waals surface area contributed by atoms with Crippen LogP contribution in [0.25, 0.3) is 0 Å². The number of piperidine rings is 1. The maximum Gasteiger partial charge on any atom is 0.319 e. The van der Waals surface area contributed by atoms with Crippen molar-refractivity contribution in [1.29, 1.82) is 0 Å². The number of hydrogen-bond donors (Lipinski definition) is 4. The van der Waals surface area contributed by atoms with E-state index in [4.69, 9.17) is 4.74 Å². The van der Waals surface area contributed by atoms with E-state index >= 15 is 0 Å². The largest absolute Gasteiger partial charge is 0.439 e. The van der Waals surface area contributed by atoms with Crippen LogP contribution in [0, 0.1) is 11.6 Å². The normalized spacial score (nSPS) is 16.2. The van der Waals surface area contributed by atoms with Gasteiger partial charge < -0.3 is 20.7 Å². The Kier molecular flexibility index (Phi) is 11.9. The van der Waals surface area contributed by atoms with Crippen molar-refractivity contribution < 1.29 is 31.5 Å². The van der Waals surface area contributed by atoms with Crippen molar-refractivity contribution in [1.82, 2.24) is 20.5 Å². The standard InChI is InChI=1S/C33H34F2N6O5S.ClH/c1-36-32(42)28-17-25(9-12-29(28)35)38-33(43)39-26-14-15-41(30(18-26)22-4-3-5-23(34)16-22)20-21-6-13-31(37-19-21)46-27-10-7-24(8-11-27)40-47(2,44)45;/h3-13,16-17,19,26,30,40H,14-15,18,20H2,1-2H3,(H,36,42)(H2,38,39,43);1H. The molecule has 2 atom stereocenters. The smallest absolute Gasteiger partial charge is 0.319 e. The van der Waals surface area contributed by atoms with Gasteiger partial charge in [-0.25, -0.2) is 27.0 Å². The Bertz CT molecular complexity index is 1850. The van der Waals surface area contributed by atoms with Crippen LogP contribution >= 0.6 is 12.4 Å². The van der Waals surface area contributed by atoms with E-state index in [1.807, 2.05) is 12.1 Å². The molecule has 48 heavy (non-hydrogen) atoms. The average Bonchev–Trinajstić information content (AvgIpc) is 3.03. The topological polar surface area (TPSA) is 142 Å². The minimum atomic E-state index is -3.38. The van der Waals surface area contributed by atoms with Crippen molar-refractivity contribution in [3.63, 3.8) is 0 Å². The van der Waals surface area contributed by atoms with Gasteiger partial charge in [-0.3, -0.25) is 14.4 Å². The number of carbonyl (C=O) groups is 2. The lowest BCUT2D eigenvalue weighted by atomic mass is 9.91. The van der Waals surface area contributed by atoms with E-state index in [1.54, 1.807) is 42.6 Å². The number of nitrogens with zero attached hydrogens (tertiary/aromatic N) is 2. The number of anilines is 2. The minimum absolute atomic E-state index is 0. The molecule has 2 heterocycles. The quantitative estimate of drug-likeness (QED) is 0.163. The first-order valence-electron chi connectivity index (χ1n) is 14.7. The molecule has 1 aromatic heterocycles. The fourth-order valence-corrected chi connectivity index (χ4v) is 5.95. The van der Waals surface area contributed by atoms with Crippen LogP contribution < -0.4 is 25.4 Å². The average molecular weight is 701 g/mol. The van der Waals surface area contributed by atoms with E-state index in [9.17, 15) is 26.8 Å². The first-order valence-corrected chi connectivity index (χ1v) is 16.6. The molecule has 4 N–H and O–H groups in total.